The summed E-state index contributed by atoms with van der Waals surface area (Å²) in [6.07, 6.45) is 6.04. The number of carbonyl (C=O) groups is 1. The first-order valence-electron chi connectivity index (χ1n) is 10.8. The minimum atomic E-state index is -0.104. The Balaban J connectivity index is 4.01. The number of hydrogen-bond acceptors (Lipinski definition) is 2. The largest absolute Gasteiger partial charge is 0.376 e. The molecular weight excluding hydrogens is 322 g/mol. The Kier molecular flexibility index (Phi) is 11.7. The Morgan fingerprint density at radius 1 is 1.04 bits per heavy atom. The fourth-order valence-electron chi connectivity index (χ4n) is 3.17. The Morgan fingerprint density at radius 3 is 2.19 bits per heavy atom. The van der Waals surface area contributed by atoms with Crippen molar-refractivity contribution < 1.29 is 9.53 Å². The first-order chi connectivity index (χ1) is 11.9. The molecule has 0 rings (SSSR count). The monoisotopic (exact) mass is 369 g/mol. The summed E-state index contributed by atoms with van der Waals surface area (Å²) in [6, 6.07) is 0. The molecule has 0 bridgehead atoms. The second-order valence-electron chi connectivity index (χ2n) is 10.1. The highest BCUT2D eigenvalue weighted by Gasteiger charge is 2.24. The van der Waals surface area contributed by atoms with E-state index >= 15 is 0 Å². The van der Waals surface area contributed by atoms with Crippen LogP contribution in [-0.4, -0.2) is 24.7 Å². The lowest BCUT2D eigenvalue weighted by Crippen LogP contribution is -2.31. The molecule has 0 aliphatic rings. The fourth-order valence-corrected chi connectivity index (χ4v) is 3.17. The molecule has 0 saturated heterocycles. The molecule has 0 saturated carbocycles. The molecule has 156 valence electrons. The van der Waals surface area contributed by atoms with Gasteiger partial charge in [0.1, 0.15) is 0 Å². The Morgan fingerprint density at radius 2 is 1.65 bits per heavy atom. The predicted molar refractivity (Wildman–Crippen MR) is 113 cm³/mol. The highest BCUT2D eigenvalue weighted by molar-refractivity contribution is 5.76. The summed E-state index contributed by atoms with van der Waals surface area (Å²) in [4.78, 5) is 12.2. The average Bonchev–Trinajstić information content (AvgIpc) is 2.50. The zero-order valence-corrected chi connectivity index (χ0v) is 19.2. The van der Waals surface area contributed by atoms with E-state index < -0.39 is 0 Å². The fraction of sp³-hybridized carbons (Fsp3) is 0.957. The van der Waals surface area contributed by atoms with Gasteiger partial charge in [-0.25, -0.2) is 0 Å². The summed E-state index contributed by atoms with van der Waals surface area (Å²) in [5.41, 5.74) is 0.262. The van der Waals surface area contributed by atoms with Crippen LogP contribution >= 0.6 is 0 Å². The highest BCUT2D eigenvalue weighted by Crippen LogP contribution is 2.33. The molecule has 26 heavy (non-hydrogen) atoms. The maximum absolute atomic E-state index is 12.2. The summed E-state index contributed by atoms with van der Waals surface area (Å²) in [5.74, 6) is 1.87. The minimum absolute atomic E-state index is 0.104. The van der Waals surface area contributed by atoms with Crippen molar-refractivity contribution in [3.63, 3.8) is 0 Å². The first-order valence-corrected chi connectivity index (χ1v) is 10.8. The van der Waals surface area contributed by atoms with Crippen LogP contribution in [0.25, 0.3) is 0 Å². The van der Waals surface area contributed by atoms with Gasteiger partial charge in [-0.15, -0.1) is 0 Å². The summed E-state index contributed by atoms with van der Waals surface area (Å²) in [5, 5.41) is 3.10. The van der Waals surface area contributed by atoms with Gasteiger partial charge in [-0.2, -0.15) is 0 Å². The van der Waals surface area contributed by atoms with Gasteiger partial charge in [0.25, 0.3) is 0 Å². The van der Waals surface area contributed by atoms with Crippen LogP contribution in [0.4, 0.5) is 0 Å². The zero-order valence-electron chi connectivity index (χ0n) is 19.2. The average molecular weight is 370 g/mol. The summed E-state index contributed by atoms with van der Waals surface area (Å²) < 4.78 is 5.99. The number of nitrogens with one attached hydrogen (secondary N) is 1. The summed E-state index contributed by atoms with van der Waals surface area (Å²) >= 11 is 0. The number of rotatable bonds is 14. The number of hydrogen-bond donors (Lipinski definition) is 1. The molecule has 2 atom stereocenters. The van der Waals surface area contributed by atoms with Gasteiger partial charge in [0, 0.05) is 19.6 Å². The van der Waals surface area contributed by atoms with Gasteiger partial charge in [-0.3, -0.25) is 4.79 Å². The van der Waals surface area contributed by atoms with Crippen LogP contribution in [0, 0.1) is 23.2 Å². The van der Waals surface area contributed by atoms with Crippen molar-refractivity contribution in [2.24, 2.45) is 23.2 Å². The lowest BCUT2D eigenvalue weighted by molar-refractivity contribution is -0.122. The molecule has 1 amide bonds. The van der Waals surface area contributed by atoms with Crippen LogP contribution < -0.4 is 5.32 Å². The molecule has 0 fully saturated rings. The number of ether oxygens (including phenoxy) is 1. The van der Waals surface area contributed by atoms with Crippen LogP contribution in [-0.2, 0) is 9.53 Å². The second-order valence-corrected chi connectivity index (χ2v) is 10.1. The third-order valence-corrected chi connectivity index (χ3v) is 5.78. The standard InChI is InChI=1S/C23H47NO2/c1-10-22(6,7)17-20(5)19(4)16-21(25)24-14-11-13-23(8,9)26-15-12-18(2)3/h18-20H,10-17H2,1-9H3,(H,24,25). The number of carbonyl (C=O) groups excluding carboxylic acids is 1. The van der Waals surface area contributed by atoms with Gasteiger partial charge in [-0.1, -0.05) is 54.9 Å². The van der Waals surface area contributed by atoms with Gasteiger partial charge < -0.3 is 10.1 Å². The van der Waals surface area contributed by atoms with Crippen molar-refractivity contribution in [3.05, 3.63) is 0 Å². The summed E-state index contributed by atoms with van der Waals surface area (Å²) in [7, 11) is 0. The van der Waals surface area contributed by atoms with Gasteiger partial charge in [-0.05, 0) is 62.7 Å². The quantitative estimate of drug-likeness (QED) is 0.369. The van der Waals surface area contributed by atoms with Crippen molar-refractivity contribution in [2.75, 3.05) is 13.2 Å². The highest BCUT2D eigenvalue weighted by atomic mass is 16.5. The lowest BCUT2D eigenvalue weighted by atomic mass is 9.76. The van der Waals surface area contributed by atoms with E-state index in [1.165, 1.54) is 12.8 Å². The molecule has 3 nitrogen and oxygen atoms in total. The van der Waals surface area contributed by atoms with Crippen molar-refractivity contribution in [1.82, 2.24) is 5.32 Å². The molecule has 0 spiro atoms. The molecule has 0 radical (unpaired) electrons. The first kappa shape index (κ1) is 25.4. The van der Waals surface area contributed by atoms with Crippen molar-refractivity contribution in [2.45, 2.75) is 106 Å². The molecule has 0 aliphatic heterocycles. The van der Waals surface area contributed by atoms with E-state index in [4.69, 9.17) is 4.74 Å². The zero-order chi connectivity index (χ0) is 20.4. The minimum Gasteiger partial charge on any atom is -0.376 e. The molecule has 0 aromatic rings. The van der Waals surface area contributed by atoms with Crippen molar-refractivity contribution >= 4 is 5.91 Å². The van der Waals surface area contributed by atoms with E-state index in [9.17, 15) is 4.79 Å². The topological polar surface area (TPSA) is 38.3 Å². The lowest BCUT2D eigenvalue weighted by Gasteiger charge is -2.30. The van der Waals surface area contributed by atoms with Crippen molar-refractivity contribution in [1.29, 1.82) is 0 Å². The molecule has 0 aliphatic carbocycles. The second kappa shape index (κ2) is 12.0. The van der Waals surface area contributed by atoms with E-state index in [2.05, 4.69) is 67.6 Å². The third kappa shape index (κ3) is 12.7. The van der Waals surface area contributed by atoms with Gasteiger partial charge >= 0.3 is 0 Å². The molecule has 3 heteroatoms. The van der Waals surface area contributed by atoms with E-state index in [1.54, 1.807) is 0 Å². The van der Waals surface area contributed by atoms with E-state index in [0.717, 1.165) is 32.4 Å². The smallest absolute Gasteiger partial charge is 0.220 e. The maximum atomic E-state index is 12.2. The maximum Gasteiger partial charge on any atom is 0.220 e. The van der Waals surface area contributed by atoms with Crippen LogP contribution in [0.1, 0.15) is 101 Å². The van der Waals surface area contributed by atoms with E-state index in [1.807, 2.05) is 0 Å². The molecule has 2 unspecified atom stereocenters. The summed E-state index contributed by atoms with van der Waals surface area (Å²) in [6.45, 7) is 21.7. The van der Waals surface area contributed by atoms with Gasteiger partial charge in [0.05, 0.1) is 5.60 Å². The third-order valence-electron chi connectivity index (χ3n) is 5.78. The SMILES string of the molecule is CCC(C)(C)CC(C)C(C)CC(=O)NCCCC(C)(C)OCCC(C)C. The Hall–Kier alpha value is -0.570. The van der Waals surface area contributed by atoms with E-state index in [0.29, 0.717) is 29.6 Å². The normalized spacial score (nSPS) is 15.2. The molecule has 0 aromatic carbocycles. The van der Waals surface area contributed by atoms with Crippen LogP contribution in [0.3, 0.4) is 0 Å². The number of amides is 1. The molecule has 1 N–H and O–H groups in total. The molecular formula is C23H47NO2. The van der Waals surface area contributed by atoms with Crippen LogP contribution in [0.2, 0.25) is 0 Å². The molecule has 0 heterocycles. The van der Waals surface area contributed by atoms with Crippen molar-refractivity contribution in [3.8, 4) is 0 Å². The Bertz CT molecular complexity index is 388. The molecule has 0 aromatic heterocycles. The predicted octanol–water partition coefficient (Wildman–Crippen LogP) is 6.21. The van der Waals surface area contributed by atoms with Crippen LogP contribution in [0.15, 0.2) is 0 Å². The van der Waals surface area contributed by atoms with Crippen LogP contribution in [0.5, 0.6) is 0 Å². The Labute approximate surface area is 164 Å². The van der Waals surface area contributed by atoms with Gasteiger partial charge in [0.2, 0.25) is 5.91 Å². The van der Waals surface area contributed by atoms with E-state index in [-0.39, 0.29) is 11.5 Å². The van der Waals surface area contributed by atoms with Gasteiger partial charge in [0.15, 0.2) is 0 Å².